The summed E-state index contributed by atoms with van der Waals surface area (Å²) in [5.41, 5.74) is 2.43. The van der Waals surface area contributed by atoms with Crippen molar-refractivity contribution in [3.8, 4) is 0 Å². The summed E-state index contributed by atoms with van der Waals surface area (Å²) in [5.74, 6) is -0.637. The van der Waals surface area contributed by atoms with Crippen molar-refractivity contribution < 1.29 is 9.90 Å². The van der Waals surface area contributed by atoms with Gasteiger partial charge in [-0.15, -0.1) is 0 Å². The number of benzene rings is 1. The lowest BCUT2D eigenvalue weighted by atomic mass is 9.80. The Morgan fingerprint density at radius 2 is 1.74 bits per heavy atom. The fourth-order valence-electron chi connectivity index (χ4n) is 3.39. The molecular formula is C16H21NO2. The van der Waals surface area contributed by atoms with Crippen LogP contribution in [0, 0.1) is 5.41 Å². The van der Waals surface area contributed by atoms with E-state index in [1.165, 1.54) is 11.1 Å². The highest BCUT2D eigenvalue weighted by Crippen LogP contribution is 2.34. The van der Waals surface area contributed by atoms with Gasteiger partial charge in [-0.1, -0.05) is 24.3 Å². The lowest BCUT2D eigenvalue weighted by Crippen LogP contribution is -2.47. The molecule has 0 amide bonds. The van der Waals surface area contributed by atoms with Crippen LogP contribution < -0.4 is 0 Å². The molecular weight excluding hydrogens is 238 g/mol. The molecule has 0 aromatic heterocycles. The summed E-state index contributed by atoms with van der Waals surface area (Å²) in [7, 11) is 0. The van der Waals surface area contributed by atoms with Crippen LogP contribution in [0.15, 0.2) is 24.3 Å². The number of nitrogens with zero attached hydrogens (tertiary/aromatic N) is 1. The van der Waals surface area contributed by atoms with Gasteiger partial charge in [0.15, 0.2) is 0 Å². The summed E-state index contributed by atoms with van der Waals surface area (Å²) in [6, 6.07) is 9.25. The second-order valence-corrected chi connectivity index (χ2v) is 6.23. The number of carboxylic acids is 1. The van der Waals surface area contributed by atoms with Crippen molar-refractivity contribution in [1.82, 2.24) is 4.90 Å². The Morgan fingerprint density at radius 3 is 2.21 bits per heavy atom. The van der Waals surface area contributed by atoms with E-state index in [1.807, 2.05) is 6.92 Å². The summed E-state index contributed by atoms with van der Waals surface area (Å²) in [6.45, 7) is 3.72. The summed E-state index contributed by atoms with van der Waals surface area (Å²) in [5, 5.41) is 9.27. The van der Waals surface area contributed by atoms with Gasteiger partial charge in [-0.25, -0.2) is 0 Å². The van der Waals surface area contributed by atoms with E-state index in [0.29, 0.717) is 6.04 Å². The van der Waals surface area contributed by atoms with Crippen LogP contribution in [0.4, 0.5) is 0 Å². The van der Waals surface area contributed by atoms with Crippen molar-refractivity contribution >= 4 is 5.97 Å². The van der Waals surface area contributed by atoms with Gasteiger partial charge in [-0.05, 0) is 56.8 Å². The topological polar surface area (TPSA) is 40.5 Å². The van der Waals surface area contributed by atoms with Gasteiger partial charge < -0.3 is 5.11 Å². The van der Waals surface area contributed by atoms with Gasteiger partial charge in [-0.3, -0.25) is 9.69 Å². The molecule has 1 saturated heterocycles. The van der Waals surface area contributed by atoms with E-state index in [4.69, 9.17) is 0 Å². The molecule has 1 heterocycles. The van der Waals surface area contributed by atoms with Crippen LogP contribution in [0.5, 0.6) is 0 Å². The Morgan fingerprint density at radius 1 is 1.21 bits per heavy atom. The molecule has 3 nitrogen and oxygen atoms in total. The van der Waals surface area contributed by atoms with Gasteiger partial charge in [0.25, 0.3) is 0 Å². The first-order chi connectivity index (χ1) is 9.08. The van der Waals surface area contributed by atoms with Crippen LogP contribution in [-0.2, 0) is 17.6 Å². The van der Waals surface area contributed by atoms with Crippen LogP contribution in [-0.4, -0.2) is 35.1 Å². The van der Waals surface area contributed by atoms with E-state index in [9.17, 15) is 9.90 Å². The predicted molar refractivity (Wildman–Crippen MR) is 74.2 cm³/mol. The van der Waals surface area contributed by atoms with Crippen molar-refractivity contribution in [2.24, 2.45) is 5.41 Å². The Kier molecular flexibility index (Phi) is 3.09. The Labute approximate surface area is 114 Å². The van der Waals surface area contributed by atoms with Gasteiger partial charge in [0.05, 0.1) is 5.41 Å². The Hall–Kier alpha value is -1.35. The number of piperidine rings is 1. The normalized spacial score (nSPS) is 23.2. The van der Waals surface area contributed by atoms with E-state index in [-0.39, 0.29) is 0 Å². The molecule has 1 fully saturated rings. The van der Waals surface area contributed by atoms with E-state index >= 15 is 0 Å². The average Bonchev–Trinajstić information content (AvgIpc) is 2.83. The summed E-state index contributed by atoms with van der Waals surface area (Å²) in [6.07, 6.45) is 3.80. The molecule has 1 aromatic carbocycles. The fourth-order valence-corrected chi connectivity index (χ4v) is 3.39. The van der Waals surface area contributed by atoms with Crippen LogP contribution in [0.2, 0.25) is 0 Å². The third-order valence-corrected chi connectivity index (χ3v) is 4.96. The number of aliphatic carboxylic acids is 1. The summed E-state index contributed by atoms with van der Waals surface area (Å²) < 4.78 is 0. The first kappa shape index (κ1) is 12.7. The van der Waals surface area contributed by atoms with Crippen molar-refractivity contribution in [3.63, 3.8) is 0 Å². The molecule has 0 radical (unpaired) electrons. The number of likely N-dealkylation sites (tertiary alicyclic amines) is 1. The first-order valence-corrected chi connectivity index (χ1v) is 7.13. The molecule has 1 aromatic rings. The van der Waals surface area contributed by atoms with Gasteiger partial charge in [0.2, 0.25) is 0 Å². The van der Waals surface area contributed by atoms with E-state index < -0.39 is 11.4 Å². The van der Waals surface area contributed by atoms with Crippen LogP contribution in [0.3, 0.4) is 0 Å². The largest absolute Gasteiger partial charge is 0.481 e. The number of rotatable bonds is 2. The quantitative estimate of drug-likeness (QED) is 0.886. The van der Waals surface area contributed by atoms with E-state index in [1.54, 1.807) is 0 Å². The molecule has 0 bridgehead atoms. The number of carbonyl (C=O) groups is 1. The monoisotopic (exact) mass is 259 g/mol. The van der Waals surface area contributed by atoms with Crippen molar-refractivity contribution in [3.05, 3.63) is 35.4 Å². The van der Waals surface area contributed by atoms with Gasteiger partial charge in [-0.2, -0.15) is 0 Å². The number of fused-ring (bicyclic) bond motifs is 1. The van der Waals surface area contributed by atoms with Gasteiger partial charge in [0.1, 0.15) is 0 Å². The lowest BCUT2D eigenvalue weighted by Gasteiger charge is -2.39. The molecule has 0 spiro atoms. The van der Waals surface area contributed by atoms with E-state index in [0.717, 1.165) is 38.8 Å². The molecule has 102 valence electrons. The molecule has 2 aliphatic rings. The van der Waals surface area contributed by atoms with Crippen LogP contribution in [0.1, 0.15) is 30.9 Å². The predicted octanol–water partition coefficient (Wildman–Crippen LogP) is 2.34. The van der Waals surface area contributed by atoms with E-state index in [2.05, 4.69) is 29.2 Å². The Balaban J connectivity index is 1.64. The van der Waals surface area contributed by atoms with Crippen LogP contribution >= 0.6 is 0 Å². The van der Waals surface area contributed by atoms with Crippen LogP contribution in [0.25, 0.3) is 0 Å². The third-order valence-electron chi connectivity index (χ3n) is 4.96. The molecule has 3 heteroatoms. The summed E-state index contributed by atoms with van der Waals surface area (Å²) >= 11 is 0. The standard InChI is InChI=1S/C16H21NO2/c1-16(15(18)19)6-8-17(9-7-16)14-10-12-4-2-3-5-13(12)11-14/h2-5,14H,6-11H2,1H3,(H,18,19). The van der Waals surface area contributed by atoms with Crippen molar-refractivity contribution in [1.29, 1.82) is 0 Å². The minimum Gasteiger partial charge on any atom is -0.481 e. The molecule has 19 heavy (non-hydrogen) atoms. The second kappa shape index (κ2) is 4.64. The van der Waals surface area contributed by atoms with Gasteiger partial charge >= 0.3 is 5.97 Å². The number of hydrogen-bond acceptors (Lipinski definition) is 2. The minimum absolute atomic E-state index is 0.512. The van der Waals surface area contributed by atoms with Crippen molar-refractivity contribution in [2.45, 2.75) is 38.6 Å². The zero-order chi connectivity index (χ0) is 13.5. The molecule has 1 aliphatic heterocycles. The SMILES string of the molecule is CC1(C(=O)O)CCN(C2Cc3ccccc3C2)CC1. The lowest BCUT2D eigenvalue weighted by molar-refractivity contribution is -0.151. The highest BCUT2D eigenvalue weighted by molar-refractivity contribution is 5.74. The minimum atomic E-state index is -0.637. The fraction of sp³-hybridized carbons (Fsp3) is 0.562. The Bertz CT molecular complexity index is 464. The molecule has 1 aliphatic carbocycles. The summed E-state index contributed by atoms with van der Waals surface area (Å²) in [4.78, 5) is 13.8. The highest BCUT2D eigenvalue weighted by Gasteiger charge is 2.39. The highest BCUT2D eigenvalue weighted by atomic mass is 16.4. The average molecular weight is 259 g/mol. The number of carboxylic acid groups (broad SMARTS) is 1. The molecule has 0 saturated carbocycles. The van der Waals surface area contributed by atoms with Gasteiger partial charge in [0, 0.05) is 6.04 Å². The number of hydrogen-bond donors (Lipinski definition) is 1. The molecule has 0 unspecified atom stereocenters. The maximum atomic E-state index is 11.3. The third kappa shape index (κ3) is 2.27. The molecule has 3 rings (SSSR count). The van der Waals surface area contributed by atoms with Crippen molar-refractivity contribution in [2.75, 3.05) is 13.1 Å². The zero-order valence-corrected chi connectivity index (χ0v) is 11.4. The maximum absolute atomic E-state index is 11.3. The maximum Gasteiger partial charge on any atom is 0.309 e. The second-order valence-electron chi connectivity index (χ2n) is 6.23. The molecule has 1 N–H and O–H groups in total. The smallest absolute Gasteiger partial charge is 0.309 e. The molecule has 0 atom stereocenters. The first-order valence-electron chi connectivity index (χ1n) is 7.13. The zero-order valence-electron chi connectivity index (χ0n) is 11.4.